The van der Waals surface area contributed by atoms with Crippen LogP contribution in [0.5, 0.6) is 0 Å². The Morgan fingerprint density at radius 1 is 1.29 bits per heavy atom. The number of hydrogen-bond acceptors (Lipinski definition) is 4. The maximum Gasteiger partial charge on any atom is 0.324 e. The van der Waals surface area contributed by atoms with Crippen LogP contribution in [0.25, 0.3) is 0 Å². The van der Waals surface area contributed by atoms with Gasteiger partial charge in [-0.1, -0.05) is 17.7 Å². The second-order valence-corrected chi connectivity index (χ2v) is 7.38. The van der Waals surface area contributed by atoms with E-state index >= 15 is 0 Å². The zero-order valence-electron chi connectivity index (χ0n) is 18.0. The fraction of sp³-hybridized carbons (Fsp3) is 0.545. The molecule has 1 aliphatic heterocycles. The van der Waals surface area contributed by atoms with E-state index in [1.807, 2.05) is 36.9 Å². The average molecular weight is 387 g/mol. The van der Waals surface area contributed by atoms with Crippen molar-refractivity contribution in [3.63, 3.8) is 0 Å². The second kappa shape index (κ2) is 10.3. The highest BCUT2D eigenvalue weighted by atomic mass is 16.5. The maximum absolute atomic E-state index is 13.3. The molecule has 6 nitrogen and oxygen atoms in total. The number of aliphatic imine (C=N–C) groups is 1. The predicted octanol–water partition coefficient (Wildman–Crippen LogP) is 3.80. The molecule has 2 rings (SSSR count). The molecule has 0 unspecified atom stereocenters. The minimum Gasteiger partial charge on any atom is -0.379 e. The summed E-state index contributed by atoms with van der Waals surface area (Å²) in [5.74, 6) is 0.814. The van der Waals surface area contributed by atoms with Gasteiger partial charge in [-0.15, -0.1) is 0 Å². The van der Waals surface area contributed by atoms with Crippen LogP contribution < -0.4 is 0 Å². The van der Waals surface area contributed by atoms with Gasteiger partial charge in [0.15, 0.2) is 0 Å². The Hall–Kier alpha value is -2.34. The first-order valence-electron chi connectivity index (χ1n) is 9.91. The van der Waals surface area contributed by atoms with Gasteiger partial charge in [0.05, 0.1) is 19.8 Å². The first kappa shape index (κ1) is 22.0. The van der Waals surface area contributed by atoms with Crippen LogP contribution in [-0.2, 0) is 4.74 Å². The molecule has 0 aromatic heterocycles. The minimum absolute atomic E-state index is 0.00675. The number of urea groups is 1. The van der Waals surface area contributed by atoms with E-state index in [-0.39, 0.29) is 6.03 Å². The molecular formula is C22H34N4O2. The number of nitrogens with zero attached hydrogens (tertiary/aromatic N) is 4. The lowest BCUT2D eigenvalue weighted by Crippen LogP contribution is -2.45. The van der Waals surface area contributed by atoms with Crippen molar-refractivity contribution in [2.75, 3.05) is 46.9 Å². The standard InChI is InChI=1S/C22H34N4O2/c1-7-20(23-4)24(5)11-12-25(6)22(27)26-13-15-28-14-10-19-9-8-17(2)16-18(3)21(19)26/h7-8,16H,4,9-15H2,1-3,5-6H3/b20-7+. The number of carbonyl (C=O) groups is 1. The summed E-state index contributed by atoms with van der Waals surface area (Å²) >= 11 is 0. The van der Waals surface area contributed by atoms with Crippen molar-refractivity contribution in [2.45, 2.75) is 33.6 Å². The number of allylic oxidation sites excluding steroid dienone is 5. The average Bonchev–Trinajstić information content (AvgIpc) is 2.78. The first-order chi connectivity index (χ1) is 13.4. The van der Waals surface area contributed by atoms with E-state index in [4.69, 9.17) is 4.74 Å². The fourth-order valence-electron chi connectivity index (χ4n) is 3.66. The first-order valence-corrected chi connectivity index (χ1v) is 9.91. The highest BCUT2D eigenvalue weighted by Gasteiger charge is 2.27. The summed E-state index contributed by atoms with van der Waals surface area (Å²) < 4.78 is 5.72. The van der Waals surface area contributed by atoms with Crippen molar-refractivity contribution < 1.29 is 9.53 Å². The largest absolute Gasteiger partial charge is 0.379 e. The smallest absolute Gasteiger partial charge is 0.324 e. The third-order valence-electron chi connectivity index (χ3n) is 5.24. The van der Waals surface area contributed by atoms with E-state index in [1.54, 1.807) is 4.90 Å². The summed E-state index contributed by atoms with van der Waals surface area (Å²) in [6.45, 7) is 12.9. The van der Waals surface area contributed by atoms with Crippen molar-refractivity contribution in [2.24, 2.45) is 4.99 Å². The number of ether oxygens (including phenoxy) is 1. The van der Waals surface area contributed by atoms with Crippen LogP contribution in [-0.4, -0.2) is 74.4 Å². The molecule has 154 valence electrons. The number of carbonyl (C=O) groups excluding carboxylic acids is 1. The van der Waals surface area contributed by atoms with Crippen LogP contribution in [0.1, 0.15) is 33.6 Å². The summed E-state index contributed by atoms with van der Waals surface area (Å²) in [5, 5.41) is 0. The molecule has 0 saturated heterocycles. The Morgan fingerprint density at radius 2 is 2.00 bits per heavy atom. The van der Waals surface area contributed by atoms with Crippen molar-refractivity contribution in [1.82, 2.24) is 14.7 Å². The van der Waals surface area contributed by atoms with Gasteiger partial charge in [0.25, 0.3) is 0 Å². The van der Waals surface area contributed by atoms with Gasteiger partial charge in [-0.2, -0.15) is 0 Å². The SMILES string of the molecule is C=N/C(=C\C)N(C)CCN(C)C(=O)N1CCOCCC2=C1C(C)=CC(C)=CC2. The molecule has 2 aliphatic rings. The molecule has 0 saturated carbocycles. The molecule has 0 atom stereocenters. The van der Waals surface area contributed by atoms with Gasteiger partial charge in [0, 0.05) is 32.9 Å². The van der Waals surface area contributed by atoms with Crippen LogP contribution >= 0.6 is 0 Å². The van der Waals surface area contributed by atoms with Gasteiger partial charge >= 0.3 is 6.03 Å². The van der Waals surface area contributed by atoms with Crippen LogP contribution in [0.15, 0.2) is 51.5 Å². The summed E-state index contributed by atoms with van der Waals surface area (Å²) in [6, 6.07) is 0.00675. The summed E-state index contributed by atoms with van der Waals surface area (Å²) in [6.07, 6.45) is 8.04. The molecule has 0 fully saturated rings. The number of likely N-dealkylation sites (N-methyl/N-ethyl adjacent to an activating group) is 2. The summed E-state index contributed by atoms with van der Waals surface area (Å²) in [4.78, 5) is 23.0. The van der Waals surface area contributed by atoms with Crippen molar-refractivity contribution in [3.8, 4) is 0 Å². The van der Waals surface area contributed by atoms with Crippen molar-refractivity contribution >= 4 is 12.7 Å². The van der Waals surface area contributed by atoms with Crippen molar-refractivity contribution in [1.29, 1.82) is 0 Å². The highest BCUT2D eigenvalue weighted by molar-refractivity contribution is 5.77. The van der Waals surface area contributed by atoms with Gasteiger partial charge in [-0.3, -0.25) is 4.90 Å². The zero-order valence-corrected chi connectivity index (χ0v) is 18.0. The minimum atomic E-state index is 0.00675. The van der Waals surface area contributed by atoms with Gasteiger partial charge in [-0.25, -0.2) is 9.79 Å². The Labute approximate surface area is 169 Å². The quantitative estimate of drug-likeness (QED) is 0.675. The molecule has 0 bridgehead atoms. The Kier molecular flexibility index (Phi) is 8.05. The molecule has 0 radical (unpaired) electrons. The third kappa shape index (κ3) is 5.35. The van der Waals surface area contributed by atoms with Crippen molar-refractivity contribution in [3.05, 3.63) is 46.5 Å². The molecule has 1 heterocycles. The van der Waals surface area contributed by atoms with Crippen LogP contribution in [0, 0.1) is 0 Å². The lowest BCUT2D eigenvalue weighted by atomic mass is 10.0. The van der Waals surface area contributed by atoms with E-state index in [0.717, 1.165) is 29.9 Å². The molecule has 0 N–H and O–H groups in total. The Balaban J connectivity index is 2.20. The number of rotatable bonds is 5. The van der Waals surface area contributed by atoms with Crippen LogP contribution in [0.4, 0.5) is 4.79 Å². The Morgan fingerprint density at radius 3 is 2.68 bits per heavy atom. The number of hydrogen-bond donors (Lipinski definition) is 0. The van der Waals surface area contributed by atoms with Gasteiger partial charge in [-0.05, 0) is 57.6 Å². The van der Waals surface area contributed by atoms with E-state index in [0.29, 0.717) is 32.8 Å². The molecule has 0 spiro atoms. The molecule has 6 heteroatoms. The summed E-state index contributed by atoms with van der Waals surface area (Å²) in [7, 11) is 3.81. The molecule has 28 heavy (non-hydrogen) atoms. The van der Waals surface area contributed by atoms with E-state index in [1.165, 1.54) is 11.1 Å². The topological polar surface area (TPSA) is 48.4 Å². The van der Waals surface area contributed by atoms with Crippen LogP contribution in [0.2, 0.25) is 0 Å². The predicted molar refractivity (Wildman–Crippen MR) is 115 cm³/mol. The van der Waals surface area contributed by atoms with Gasteiger partial charge in [0.1, 0.15) is 5.82 Å². The molecule has 0 aromatic rings. The number of amides is 2. The van der Waals surface area contributed by atoms with Gasteiger partial charge in [0.2, 0.25) is 0 Å². The highest BCUT2D eigenvalue weighted by Crippen LogP contribution is 2.30. The molecular weight excluding hydrogens is 352 g/mol. The van der Waals surface area contributed by atoms with Gasteiger partial charge < -0.3 is 14.5 Å². The van der Waals surface area contributed by atoms with E-state index < -0.39 is 0 Å². The second-order valence-electron chi connectivity index (χ2n) is 7.38. The third-order valence-corrected chi connectivity index (χ3v) is 5.24. The Bertz CT molecular complexity index is 718. The lowest BCUT2D eigenvalue weighted by Gasteiger charge is -2.34. The van der Waals surface area contributed by atoms with E-state index in [9.17, 15) is 4.79 Å². The maximum atomic E-state index is 13.3. The molecule has 2 amide bonds. The fourth-order valence-corrected chi connectivity index (χ4v) is 3.66. The molecule has 1 aliphatic carbocycles. The molecule has 0 aromatic carbocycles. The normalized spacial score (nSPS) is 18.3. The monoisotopic (exact) mass is 386 g/mol. The lowest BCUT2D eigenvalue weighted by molar-refractivity contribution is 0.105. The zero-order chi connectivity index (χ0) is 20.7. The van der Waals surface area contributed by atoms with E-state index in [2.05, 4.69) is 37.7 Å². The van der Waals surface area contributed by atoms with Crippen LogP contribution in [0.3, 0.4) is 0 Å². The summed E-state index contributed by atoms with van der Waals surface area (Å²) in [5.41, 5.74) is 4.73.